The lowest BCUT2D eigenvalue weighted by Crippen LogP contribution is -2.40. The highest BCUT2D eigenvalue weighted by Gasteiger charge is 2.49. The van der Waals surface area contributed by atoms with E-state index in [4.69, 9.17) is 4.74 Å². The number of carbonyl (C=O) groups excluding carboxylic acids is 2. The van der Waals surface area contributed by atoms with Gasteiger partial charge < -0.3 is 10.1 Å². The average molecular weight is 351 g/mol. The molecule has 2 aromatic rings. The van der Waals surface area contributed by atoms with Gasteiger partial charge in [-0.1, -0.05) is 49.4 Å². The second-order valence-electron chi connectivity index (χ2n) is 6.36. The van der Waals surface area contributed by atoms with Crippen LogP contribution in [0.2, 0.25) is 0 Å². The fourth-order valence-corrected chi connectivity index (χ4v) is 2.86. The molecule has 26 heavy (non-hydrogen) atoms. The summed E-state index contributed by atoms with van der Waals surface area (Å²) in [7, 11) is 1.57. The highest BCUT2D eigenvalue weighted by atomic mass is 16.5. The van der Waals surface area contributed by atoms with Gasteiger partial charge in [-0.3, -0.25) is 4.79 Å². The van der Waals surface area contributed by atoms with Crippen molar-refractivity contribution in [1.82, 2.24) is 10.3 Å². The molecule has 6 heteroatoms. The number of urea groups is 1. The van der Waals surface area contributed by atoms with E-state index in [0.717, 1.165) is 10.6 Å². The van der Waals surface area contributed by atoms with E-state index in [2.05, 4.69) is 10.4 Å². The Balaban J connectivity index is 1.80. The Morgan fingerprint density at radius 1 is 1.12 bits per heavy atom. The molecule has 6 nitrogen and oxygen atoms in total. The molecule has 3 amide bonds. The van der Waals surface area contributed by atoms with Crippen LogP contribution in [-0.4, -0.2) is 30.3 Å². The molecule has 0 spiro atoms. The van der Waals surface area contributed by atoms with Crippen molar-refractivity contribution in [3.8, 4) is 5.75 Å². The van der Waals surface area contributed by atoms with E-state index in [-0.39, 0.29) is 5.92 Å². The number of benzene rings is 2. The summed E-state index contributed by atoms with van der Waals surface area (Å²) in [4.78, 5) is 25.1. The monoisotopic (exact) mass is 351 g/mol. The number of methoxy groups -OCH3 is 1. The summed E-state index contributed by atoms with van der Waals surface area (Å²) in [6.07, 6.45) is 1.60. The quantitative estimate of drug-likeness (QED) is 0.664. The smallest absolute Gasteiger partial charge is 0.346 e. The van der Waals surface area contributed by atoms with Crippen LogP contribution in [0.5, 0.6) is 5.75 Å². The zero-order valence-electron chi connectivity index (χ0n) is 15.0. The topological polar surface area (TPSA) is 71.0 Å². The molecule has 1 N–H and O–H groups in total. The summed E-state index contributed by atoms with van der Waals surface area (Å²) in [6, 6.07) is 16.3. The minimum absolute atomic E-state index is 0.0235. The molecule has 1 fully saturated rings. The number of imide groups is 1. The number of nitrogens with zero attached hydrogens (tertiary/aromatic N) is 2. The molecule has 0 aromatic heterocycles. The third-order valence-electron chi connectivity index (χ3n) is 4.57. The number of hydrogen-bond donors (Lipinski definition) is 1. The van der Waals surface area contributed by atoms with Crippen molar-refractivity contribution in [3.05, 3.63) is 65.7 Å². The summed E-state index contributed by atoms with van der Waals surface area (Å²) < 4.78 is 5.13. The standard InChI is InChI=1S/C20H21N3O3/c1-14(15-7-5-4-6-8-15)13-21-23-18(24)20(2,22-19(23)25)16-9-11-17(26-3)12-10-16/h4-14H,1-3H3,(H,22,25)/b21-13-/t14-,20+/m0/s1. The highest BCUT2D eigenvalue weighted by Crippen LogP contribution is 2.30. The van der Waals surface area contributed by atoms with Gasteiger partial charge in [-0.15, -0.1) is 5.01 Å². The lowest BCUT2D eigenvalue weighted by molar-refractivity contribution is -0.131. The molecule has 0 unspecified atom stereocenters. The SMILES string of the molecule is COc1ccc([C@@]2(C)NC(=O)N(/N=C\[C@H](C)c3ccccc3)C2=O)cc1. The van der Waals surface area contributed by atoms with Crippen molar-refractivity contribution < 1.29 is 14.3 Å². The zero-order chi connectivity index (χ0) is 18.7. The number of hydrogen-bond acceptors (Lipinski definition) is 4. The number of rotatable bonds is 5. The van der Waals surface area contributed by atoms with E-state index < -0.39 is 17.5 Å². The Labute approximate surface area is 152 Å². The third-order valence-corrected chi connectivity index (χ3v) is 4.57. The van der Waals surface area contributed by atoms with E-state index >= 15 is 0 Å². The van der Waals surface area contributed by atoms with E-state index in [1.807, 2.05) is 37.3 Å². The van der Waals surface area contributed by atoms with Crippen LogP contribution in [0.15, 0.2) is 59.7 Å². The summed E-state index contributed by atoms with van der Waals surface area (Å²) in [5.41, 5.74) is 0.572. The maximum Gasteiger partial charge on any atom is 0.346 e. The summed E-state index contributed by atoms with van der Waals surface area (Å²) in [5, 5.41) is 7.76. The molecule has 0 radical (unpaired) electrons. The maximum absolute atomic E-state index is 12.8. The van der Waals surface area contributed by atoms with Crippen LogP contribution in [-0.2, 0) is 10.3 Å². The van der Waals surface area contributed by atoms with Crippen LogP contribution in [0.25, 0.3) is 0 Å². The molecular formula is C20H21N3O3. The van der Waals surface area contributed by atoms with Crippen LogP contribution < -0.4 is 10.1 Å². The summed E-state index contributed by atoms with van der Waals surface area (Å²) >= 11 is 0. The minimum atomic E-state index is -1.16. The second-order valence-corrected chi connectivity index (χ2v) is 6.36. The normalized spacial score (nSPS) is 21.1. The number of hydrazone groups is 1. The van der Waals surface area contributed by atoms with Gasteiger partial charge in [0.05, 0.1) is 7.11 Å². The first-order valence-corrected chi connectivity index (χ1v) is 8.36. The van der Waals surface area contributed by atoms with E-state index in [1.165, 1.54) is 0 Å². The van der Waals surface area contributed by atoms with Gasteiger partial charge in [0.15, 0.2) is 0 Å². The molecule has 1 saturated heterocycles. The molecule has 0 aliphatic carbocycles. The predicted octanol–water partition coefficient (Wildman–Crippen LogP) is 3.25. The Bertz CT molecular complexity index is 833. The van der Waals surface area contributed by atoms with Gasteiger partial charge in [0.25, 0.3) is 5.91 Å². The van der Waals surface area contributed by atoms with Crippen LogP contribution in [0, 0.1) is 0 Å². The number of carbonyl (C=O) groups is 2. The lowest BCUT2D eigenvalue weighted by Gasteiger charge is -2.21. The van der Waals surface area contributed by atoms with Crippen molar-refractivity contribution in [2.24, 2.45) is 5.10 Å². The van der Waals surface area contributed by atoms with Crippen molar-refractivity contribution >= 4 is 18.2 Å². The first-order chi connectivity index (χ1) is 12.5. The van der Waals surface area contributed by atoms with Crippen LogP contribution in [0.3, 0.4) is 0 Å². The number of ether oxygens (including phenoxy) is 1. The Morgan fingerprint density at radius 3 is 2.38 bits per heavy atom. The van der Waals surface area contributed by atoms with Gasteiger partial charge in [0.1, 0.15) is 11.3 Å². The molecule has 134 valence electrons. The Hall–Kier alpha value is -3.15. The zero-order valence-corrected chi connectivity index (χ0v) is 15.0. The van der Waals surface area contributed by atoms with E-state index in [1.54, 1.807) is 44.5 Å². The van der Waals surface area contributed by atoms with Gasteiger partial charge in [0.2, 0.25) is 0 Å². The highest BCUT2D eigenvalue weighted by molar-refractivity contribution is 6.07. The predicted molar refractivity (Wildman–Crippen MR) is 99.1 cm³/mol. The number of nitrogens with one attached hydrogen (secondary N) is 1. The second kappa shape index (κ2) is 7.00. The average Bonchev–Trinajstić information content (AvgIpc) is 2.90. The van der Waals surface area contributed by atoms with Gasteiger partial charge in [-0.2, -0.15) is 5.10 Å². The largest absolute Gasteiger partial charge is 0.497 e. The van der Waals surface area contributed by atoms with E-state index in [9.17, 15) is 9.59 Å². The molecule has 3 rings (SSSR count). The summed E-state index contributed by atoms with van der Waals surface area (Å²) in [5.74, 6) is 0.245. The molecule has 2 atom stereocenters. The summed E-state index contributed by atoms with van der Waals surface area (Å²) in [6.45, 7) is 3.63. The molecular weight excluding hydrogens is 330 g/mol. The van der Waals surface area contributed by atoms with Crippen LogP contribution >= 0.6 is 0 Å². The maximum atomic E-state index is 12.8. The van der Waals surface area contributed by atoms with Crippen LogP contribution in [0.1, 0.15) is 30.9 Å². The van der Waals surface area contributed by atoms with Gasteiger partial charge >= 0.3 is 6.03 Å². The Morgan fingerprint density at radius 2 is 1.77 bits per heavy atom. The molecule has 1 heterocycles. The third kappa shape index (κ3) is 3.18. The molecule has 1 aliphatic heterocycles. The molecule has 0 bridgehead atoms. The molecule has 0 saturated carbocycles. The van der Waals surface area contributed by atoms with Gasteiger partial charge in [0, 0.05) is 12.1 Å². The first-order valence-electron chi connectivity index (χ1n) is 8.36. The van der Waals surface area contributed by atoms with Crippen molar-refractivity contribution in [3.63, 3.8) is 0 Å². The van der Waals surface area contributed by atoms with E-state index in [0.29, 0.717) is 11.3 Å². The van der Waals surface area contributed by atoms with Gasteiger partial charge in [-0.25, -0.2) is 4.79 Å². The fourth-order valence-electron chi connectivity index (χ4n) is 2.86. The lowest BCUT2D eigenvalue weighted by atomic mass is 9.92. The Kier molecular flexibility index (Phi) is 4.75. The van der Waals surface area contributed by atoms with Gasteiger partial charge in [-0.05, 0) is 30.2 Å². The van der Waals surface area contributed by atoms with Crippen LogP contribution in [0.4, 0.5) is 4.79 Å². The minimum Gasteiger partial charge on any atom is -0.497 e. The number of amides is 3. The molecule has 1 aliphatic rings. The van der Waals surface area contributed by atoms with Crippen molar-refractivity contribution in [1.29, 1.82) is 0 Å². The van der Waals surface area contributed by atoms with Crippen molar-refractivity contribution in [2.75, 3.05) is 7.11 Å². The fraction of sp³-hybridized carbons (Fsp3) is 0.250. The molecule has 2 aromatic carbocycles. The first kappa shape index (κ1) is 17.7. The van der Waals surface area contributed by atoms with Crippen molar-refractivity contribution in [2.45, 2.75) is 25.3 Å².